The van der Waals surface area contributed by atoms with E-state index in [0.29, 0.717) is 13.2 Å². The molecule has 1 saturated carbocycles. The Hall–Kier alpha value is -3.14. The van der Waals surface area contributed by atoms with Gasteiger partial charge in [-0.2, -0.15) is 0 Å². The van der Waals surface area contributed by atoms with Gasteiger partial charge in [0.15, 0.2) is 0 Å². The largest absolute Gasteiger partial charge is 0.489 e. The number of ether oxygens (including phenoxy) is 1. The van der Waals surface area contributed by atoms with Gasteiger partial charge >= 0.3 is 0 Å². The van der Waals surface area contributed by atoms with Gasteiger partial charge in [0.05, 0.1) is 5.41 Å². The van der Waals surface area contributed by atoms with Crippen molar-refractivity contribution in [2.45, 2.75) is 44.2 Å². The van der Waals surface area contributed by atoms with E-state index in [1.807, 2.05) is 42.5 Å². The van der Waals surface area contributed by atoms with Crippen LogP contribution in [0.25, 0.3) is 0 Å². The number of nitrogens with one attached hydrogen (secondary N) is 1. The number of amides is 1. The predicted molar refractivity (Wildman–Crippen MR) is 116 cm³/mol. The van der Waals surface area contributed by atoms with Gasteiger partial charge in [-0.1, -0.05) is 67.4 Å². The first-order valence-electron chi connectivity index (χ1n) is 10.5. The Morgan fingerprint density at radius 2 is 1.50 bits per heavy atom. The summed E-state index contributed by atoms with van der Waals surface area (Å²) >= 11 is 0. The molecule has 154 valence electrons. The molecule has 4 heteroatoms. The molecule has 0 saturated heterocycles. The maximum atomic E-state index is 13.1. The van der Waals surface area contributed by atoms with Gasteiger partial charge < -0.3 is 10.1 Å². The summed E-state index contributed by atoms with van der Waals surface area (Å²) in [6.07, 6.45) is 3.98. The monoisotopic (exact) mass is 403 g/mol. The lowest BCUT2D eigenvalue weighted by atomic mass is 9.78. The van der Waals surface area contributed by atoms with Crippen molar-refractivity contribution >= 4 is 5.91 Å². The van der Waals surface area contributed by atoms with Crippen LogP contribution in [0.5, 0.6) is 5.75 Å². The second-order valence-electron chi connectivity index (χ2n) is 7.90. The molecular formula is C26H26FNO2. The normalized spacial score (nSPS) is 15.0. The molecule has 0 bridgehead atoms. The van der Waals surface area contributed by atoms with Crippen molar-refractivity contribution in [3.63, 3.8) is 0 Å². The summed E-state index contributed by atoms with van der Waals surface area (Å²) in [5, 5.41) is 3.15. The van der Waals surface area contributed by atoms with Crippen molar-refractivity contribution in [1.29, 1.82) is 0 Å². The molecule has 1 amide bonds. The zero-order valence-electron chi connectivity index (χ0n) is 16.9. The highest BCUT2D eigenvalue weighted by atomic mass is 19.1. The fourth-order valence-electron chi connectivity index (χ4n) is 4.18. The number of benzene rings is 3. The topological polar surface area (TPSA) is 38.3 Å². The number of hydrogen-bond donors (Lipinski definition) is 1. The average molecular weight is 403 g/mol. The van der Waals surface area contributed by atoms with E-state index in [-0.39, 0.29) is 11.7 Å². The van der Waals surface area contributed by atoms with Crippen LogP contribution in [0.1, 0.15) is 42.4 Å². The number of hydrogen-bond acceptors (Lipinski definition) is 2. The summed E-state index contributed by atoms with van der Waals surface area (Å²) in [5.74, 6) is 0.602. The first-order chi connectivity index (χ1) is 14.7. The van der Waals surface area contributed by atoms with E-state index in [1.54, 1.807) is 12.1 Å². The van der Waals surface area contributed by atoms with Crippen LogP contribution in [0.4, 0.5) is 4.39 Å². The Morgan fingerprint density at radius 1 is 0.867 bits per heavy atom. The maximum absolute atomic E-state index is 13.1. The Bertz CT molecular complexity index is 962. The van der Waals surface area contributed by atoms with E-state index in [0.717, 1.165) is 48.1 Å². The van der Waals surface area contributed by atoms with E-state index in [1.165, 1.54) is 12.1 Å². The molecule has 0 heterocycles. The van der Waals surface area contributed by atoms with Crippen LogP contribution < -0.4 is 10.1 Å². The molecule has 1 N–H and O–H groups in total. The quantitative estimate of drug-likeness (QED) is 0.563. The molecule has 3 aromatic rings. The van der Waals surface area contributed by atoms with Crippen LogP contribution in [0.2, 0.25) is 0 Å². The summed E-state index contributed by atoms with van der Waals surface area (Å²) in [6, 6.07) is 24.1. The maximum Gasteiger partial charge on any atom is 0.230 e. The molecule has 0 radical (unpaired) electrons. The van der Waals surface area contributed by atoms with Crippen molar-refractivity contribution in [3.05, 3.63) is 101 Å². The Morgan fingerprint density at radius 3 is 2.17 bits per heavy atom. The van der Waals surface area contributed by atoms with E-state index >= 15 is 0 Å². The minimum Gasteiger partial charge on any atom is -0.489 e. The lowest BCUT2D eigenvalue weighted by molar-refractivity contribution is -0.126. The molecule has 0 aromatic heterocycles. The van der Waals surface area contributed by atoms with Crippen molar-refractivity contribution in [1.82, 2.24) is 5.32 Å². The van der Waals surface area contributed by atoms with Crippen LogP contribution >= 0.6 is 0 Å². The number of halogens is 1. The fourth-order valence-corrected chi connectivity index (χ4v) is 4.18. The molecule has 0 aliphatic heterocycles. The lowest BCUT2D eigenvalue weighted by Crippen LogP contribution is -2.42. The van der Waals surface area contributed by atoms with Crippen LogP contribution in [-0.4, -0.2) is 5.91 Å². The number of rotatable bonds is 7. The van der Waals surface area contributed by atoms with E-state index < -0.39 is 5.41 Å². The Labute approximate surface area is 176 Å². The van der Waals surface area contributed by atoms with Gasteiger partial charge in [0.25, 0.3) is 0 Å². The van der Waals surface area contributed by atoms with Crippen LogP contribution in [0.15, 0.2) is 78.9 Å². The van der Waals surface area contributed by atoms with E-state index in [2.05, 4.69) is 17.4 Å². The highest BCUT2D eigenvalue weighted by Gasteiger charge is 2.42. The minimum atomic E-state index is -0.403. The Kier molecular flexibility index (Phi) is 6.12. The number of carbonyl (C=O) groups is 1. The lowest BCUT2D eigenvalue weighted by Gasteiger charge is -2.28. The first kappa shape index (κ1) is 20.1. The highest BCUT2D eigenvalue weighted by molar-refractivity contribution is 5.88. The molecule has 1 aliphatic carbocycles. The summed E-state index contributed by atoms with van der Waals surface area (Å²) in [4.78, 5) is 13.1. The predicted octanol–water partition coefficient (Wildman–Crippen LogP) is 5.53. The van der Waals surface area contributed by atoms with Gasteiger partial charge in [-0.15, -0.1) is 0 Å². The van der Waals surface area contributed by atoms with Crippen LogP contribution in [-0.2, 0) is 23.4 Å². The van der Waals surface area contributed by atoms with E-state index in [4.69, 9.17) is 4.74 Å². The van der Waals surface area contributed by atoms with Crippen molar-refractivity contribution in [2.75, 3.05) is 0 Å². The molecule has 4 rings (SSSR count). The summed E-state index contributed by atoms with van der Waals surface area (Å²) < 4.78 is 18.7. The van der Waals surface area contributed by atoms with Gasteiger partial charge in [-0.3, -0.25) is 4.79 Å². The third-order valence-electron chi connectivity index (χ3n) is 5.91. The van der Waals surface area contributed by atoms with Crippen molar-refractivity contribution < 1.29 is 13.9 Å². The molecule has 0 atom stereocenters. The van der Waals surface area contributed by atoms with Crippen LogP contribution in [0, 0.1) is 5.82 Å². The van der Waals surface area contributed by atoms with Gasteiger partial charge in [-0.25, -0.2) is 4.39 Å². The average Bonchev–Trinajstić information content (AvgIpc) is 3.30. The molecule has 3 nitrogen and oxygen atoms in total. The van der Waals surface area contributed by atoms with Crippen molar-refractivity contribution in [2.24, 2.45) is 0 Å². The molecule has 1 aliphatic rings. The fraction of sp³-hybridized carbons (Fsp3) is 0.269. The summed E-state index contributed by atoms with van der Waals surface area (Å²) in [5.41, 5.74) is 2.65. The molecule has 0 spiro atoms. The van der Waals surface area contributed by atoms with Gasteiger partial charge in [0.1, 0.15) is 18.2 Å². The molecule has 3 aromatic carbocycles. The van der Waals surface area contributed by atoms with Gasteiger partial charge in [0, 0.05) is 6.54 Å². The van der Waals surface area contributed by atoms with Crippen LogP contribution in [0.3, 0.4) is 0 Å². The highest BCUT2D eigenvalue weighted by Crippen LogP contribution is 2.41. The molecular weight excluding hydrogens is 377 g/mol. The second-order valence-corrected chi connectivity index (χ2v) is 7.90. The van der Waals surface area contributed by atoms with Gasteiger partial charge in [0.2, 0.25) is 5.91 Å². The summed E-state index contributed by atoms with van der Waals surface area (Å²) in [7, 11) is 0. The smallest absolute Gasteiger partial charge is 0.230 e. The Balaban J connectivity index is 1.34. The molecule has 0 unspecified atom stereocenters. The SMILES string of the molecule is O=C(NCc1ccc(OCc2ccc(F)cc2)cc1)C1(c2ccccc2)CCCC1. The zero-order valence-corrected chi connectivity index (χ0v) is 16.9. The third-order valence-corrected chi connectivity index (χ3v) is 5.91. The minimum absolute atomic E-state index is 0.114. The second kappa shape index (κ2) is 9.12. The molecule has 1 fully saturated rings. The summed E-state index contributed by atoms with van der Waals surface area (Å²) in [6.45, 7) is 0.877. The zero-order chi connectivity index (χ0) is 20.8. The van der Waals surface area contributed by atoms with E-state index in [9.17, 15) is 9.18 Å². The molecule has 30 heavy (non-hydrogen) atoms. The first-order valence-corrected chi connectivity index (χ1v) is 10.5. The van der Waals surface area contributed by atoms with Gasteiger partial charge in [-0.05, 0) is 53.8 Å². The van der Waals surface area contributed by atoms with Crippen molar-refractivity contribution in [3.8, 4) is 5.75 Å². The third kappa shape index (κ3) is 4.54. The standard InChI is InChI=1S/C26H26FNO2/c27-23-12-8-21(9-13-23)19-30-24-14-10-20(11-15-24)18-28-25(29)26(16-4-5-17-26)22-6-2-1-3-7-22/h1-3,6-15H,4-5,16-19H2,(H,28,29). The number of carbonyl (C=O) groups excluding carboxylic acids is 1.